The Kier molecular flexibility index (Phi) is 6.91. The number of hydrogen-bond acceptors (Lipinski definition) is 5. The zero-order valence-corrected chi connectivity index (χ0v) is 19.9. The number of para-hydroxylation sites is 1. The summed E-state index contributed by atoms with van der Waals surface area (Å²) >= 11 is 0. The first-order chi connectivity index (χ1) is 18.0. The van der Waals surface area contributed by atoms with Gasteiger partial charge in [0.15, 0.2) is 5.78 Å². The van der Waals surface area contributed by atoms with Crippen molar-refractivity contribution in [2.45, 2.75) is 19.1 Å². The molecule has 0 fully saturated rings. The van der Waals surface area contributed by atoms with E-state index in [0.29, 0.717) is 39.3 Å². The maximum Gasteiger partial charge on any atom is 0.253 e. The van der Waals surface area contributed by atoms with Gasteiger partial charge in [-0.15, -0.1) is 0 Å². The molecule has 8 heteroatoms. The van der Waals surface area contributed by atoms with Crippen molar-refractivity contribution >= 4 is 28.3 Å². The molecule has 1 aliphatic rings. The topological polar surface area (TPSA) is 107 Å². The summed E-state index contributed by atoms with van der Waals surface area (Å²) in [6.07, 6.45) is 3.02. The van der Waals surface area contributed by atoms with Crippen LogP contribution in [0.1, 0.15) is 39.8 Å². The lowest BCUT2D eigenvalue weighted by atomic mass is 9.99. The third-order valence-corrected chi connectivity index (χ3v) is 6.14. The lowest BCUT2D eigenvalue weighted by molar-refractivity contribution is -0.113. The maximum absolute atomic E-state index is 13.5. The van der Waals surface area contributed by atoms with E-state index < -0.39 is 6.10 Å². The number of carbonyl (C=O) groups excluding carboxylic acids is 2. The summed E-state index contributed by atoms with van der Waals surface area (Å²) in [7, 11) is 0. The van der Waals surface area contributed by atoms with Gasteiger partial charge in [-0.05, 0) is 41.5 Å². The van der Waals surface area contributed by atoms with Gasteiger partial charge >= 0.3 is 0 Å². The molecule has 5 rings (SSSR count). The van der Waals surface area contributed by atoms with Crippen LogP contribution in [0.3, 0.4) is 0 Å². The maximum atomic E-state index is 13.5. The van der Waals surface area contributed by atoms with E-state index in [1.165, 1.54) is 12.1 Å². The third-order valence-electron chi connectivity index (χ3n) is 6.14. The third kappa shape index (κ3) is 5.34. The number of carbonyl (C=O) groups is 2. The normalized spacial score (nSPS) is 14.2. The molecule has 1 aliphatic carbocycles. The number of ketones is 1. The van der Waals surface area contributed by atoms with Crippen molar-refractivity contribution in [1.29, 1.82) is 0 Å². The molecule has 0 unspecified atom stereocenters. The highest BCUT2D eigenvalue weighted by molar-refractivity contribution is 6.23. The van der Waals surface area contributed by atoms with Crippen LogP contribution in [0.4, 0.5) is 4.39 Å². The number of fused-ring (bicyclic) bond motifs is 1. The van der Waals surface area contributed by atoms with Gasteiger partial charge in [-0.3, -0.25) is 9.59 Å². The largest absolute Gasteiger partial charge is 0.387 e. The molecule has 0 radical (unpaired) electrons. The molecule has 1 atom stereocenters. The van der Waals surface area contributed by atoms with Crippen molar-refractivity contribution in [3.8, 4) is 0 Å². The Morgan fingerprint density at radius 3 is 2.70 bits per heavy atom. The summed E-state index contributed by atoms with van der Waals surface area (Å²) in [6.45, 7) is 0.366. The van der Waals surface area contributed by atoms with Gasteiger partial charge in [0.25, 0.3) is 5.91 Å². The van der Waals surface area contributed by atoms with Crippen molar-refractivity contribution < 1.29 is 19.1 Å². The van der Waals surface area contributed by atoms with Crippen LogP contribution in [0.2, 0.25) is 0 Å². The second-order valence-electron chi connectivity index (χ2n) is 8.73. The zero-order valence-electron chi connectivity index (χ0n) is 19.9. The number of aliphatic hydroxyl groups is 1. The molecule has 7 nitrogen and oxygen atoms in total. The fraction of sp³-hybridized carbons (Fsp3) is 0.138. The van der Waals surface area contributed by atoms with E-state index in [0.717, 1.165) is 5.56 Å². The predicted molar refractivity (Wildman–Crippen MR) is 139 cm³/mol. The highest BCUT2D eigenvalue weighted by atomic mass is 19.1. The summed E-state index contributed by atoms with van der Waals surface area (Å²) in [5, 5.41) is 16.5. The first kappa shape index (κ1) is 24.1. The summed E-state index contributed by atoms with van der Waals surface area (Å²) in [4.78, 5) is 33.7. The highest BCUT2D eigenvalue weighted by Gasteiger charge is 2.24. The van der Waals surface area contributed by atoms with Crippen molar-refractivity contribution in [2.75, 3.05) is 6.54 Å². The van der Waals surface area contributed by atoms with Crippen molar-refractivity contribution in [2.24, 2.45) is 0 Å². The van der Waals surface area contributed by atoms with E-state index >= 15 is 0 Å². The Balaban J connectivity index is 1.41. The van der Waals surface area contributed by atoms with Crippen LogP contribution < -0.4 is 10.6 Å². The van der Waals surface area contributed by atoms with Gasteiger partial charge in [0.2, 0.25) is 0 Å². The SMILES string of the molecule is O=C1CC=CC(NC[C@@H](O)c2ccccc2)=C1c1nc2c(C(=O)NCc3cccc(F)c3)cccc2[nH]1. The Morgan fingerprint density at radius 1 is 1.08 bits per heavy atom. The second kappa shape index (κ2) is 10.6. The number of rotatable bonds is 8. The van der Waals surface area contributed by atoms with Crippen LogP contribution >= 0.6 is 0 Å². The number of halogens is 1. The molecule has 1 heterocycles. The van der Waals surface area contributed by atoms with Crippen LogP contribution in [0, 0.1) is 5.82 Å². The number of aromatic amines is 1. The molecule has 1 amide bonds. The molecule has 37 heavy (non-hydrogen) atoms. The van der Waals surface area contributed by atoms with E-state index in [9.17, 15) is 19.1 Å². The Hall–Kier alpha value is -4.56. The minimum Gasteiger partial charge on any atom is -0.387 e. The zero-order chi connectivity index (χ0) is 25.8. The number of hydrogen-bond donors (Lipinski definition) is 4. The van der Waals surface area contributed by atoms with Gasteiger partial charge in [0.1, 0.15) is 17.2 Å². The summed E-state index contributed by atoms with van der Waals surface area (Å²) in [5.74, 6) is -0.520. The summed E-state index contributed by atoms with van der Waals surface area (Å²) in [5.41, 5.74) is 3.68. The average Bonchev–Trinajstić information content (AvgIpc) is 3.35. The van der Waals surface area contributed by atoms with Crippen LogP contribution in [-0.4, -0.2) is 33.3 Å². The first-order valence-corrected chi connectivity index (χ1v) is 11.9. The Morgan fingerprint density at radius 2 is 1.89 bits per heavy atom. The molecule has 0 spiro atoms. The van der Waals surface area contributed by atoms with Crippen LogP contribution in [0.5, 0.6) is 0 Å². The average molecular weight is 497 g/mol. The number of amides is 1. The van der Waals surface area contributed by atoms with E-state index in [4.69, 9.17) is 0 Å². The molecule has 1 aromatic heterocycles. The van der Waals surface area contributed by atoms with E-state index in [2.05, 4.69) is 20.6 Å². The molecule has 0 saturated heterocycles. The van der Waals surface area contributed by atoms with Crippen molar-refractivity contribution in [3.05, 3.63) is 119 Å². The standard InChI is InChI=1S/C29H25FN4O3/c30-20-10-4-7-18(15-20)16-32-29(37)21-11-5-13-23-27(21)34-28(33-23)26-22(12-6-14-24(26)35)31-17-25(36)19-8-2-1-3-9-19/h1-13,15,25,31,36H,14,16-17H2,(H,32,37)(H,33,34)/t25-/m1/s1. The number of imidazole rings is 1. The van der Waals surface area contributed by atoms with Crippen LogP contribution in [0.15, 0.2) is 90.6 Å². The van der Waals surface area contributed by atoms with Crippen molar-refractivity contribution in [1.82, 2.24) is 20.6 Å². The summed E-state index contributed by atoms with van der Waals surface area (Å²) < 4.78 is 13.5. The summed E-state index contributed by atoms with van der Waals surface area (Å²) in [6, 6.07) is 20.5. The number of benzene rings is 3. The number of aromatic nitrogens is 2. The van der Waals surface area contributed by atoms with Gasteiger partial charge in [0, 0.05) is 25.2 Å². The number of nitrogens with one attached hydrogen (secondary N) is 3. The van der Waals surface area contributed by atoms with E-state index in [1.807, 2.05) is 30.3 Å². The Bertz CT molecular complexity index is 1520. The minimum atomic E-state index is -0.760. The number of H-pyrrole nitrogens is 1. The lowest BCUT2D eigenvalue weighted by Gasteiger charge is -2.18. The van der Waals surface area contributed by atoms with Crippen molar-refractivity contribution in [3.63, 3.8) is 0 Å². The smallest absolute Gasteiger partial charge is 0.253 e. The molecule has 186 valence electrons. The fourth-order valence-electron chi connectivity index (χ4n) is 4.28. The van der Waals surface area contributed by atoms with E-state index in [1.54, 1.807) is 42.5 Å². The van der Waals surface area contributed by atoms with E-state index in [-0.39, 0.29) is 37.0 Å². The van der Waals surface area contributed by atoms with Crippen LogP contribution in [0.25, 0.3) is 16.6 Å². The molecular formula is C29H25FN4O3. The van der Waals surface area contributed by atoms with Gasteiger partial charge in [0.05, 0.1) is 22.8 Å². The predicted octanol–water partition coefficient (Wildman–Crippen LogP) is 4.20. The first-order valence-electron chi connectivity index (χ1n) is 11.9. The molecule has 3 aromatic carbocycles. The molecule has 0 saturated carbocycles. The Labute approximate surface area is 212 Å². The van der Waals surface area contributed by atoms with Gasteiger partial charge in [-0.25, -0.2) is 9.37 Å². The number of allylic oxidation sites excluding steroid dienone is 3. The number of nitrogens with zero attached hydrogens (tertiary/aromatic N) is 1. The minimum absolute atomic E-state index is 0.129. The second-order valence-corrected chi connectivity index (χ2v) is 8.73. The number of Topliss-reactive ketones (excluding diaryl/α,β-unsaturated/α-hetero) is 1. The monoisotopic (exact) mass is 496 g/mol. The lowest BCUT2D eigenvalue weighted by Crippen LogP contribution is -2.24. The van der Waals surface area contributed by atoms with Crippen LogP contribution in [-0.2, 0) is 11.3 Å². The molecule has 0 aliphatic heterocycles. The van der Waals surface area contributed by atoms with Gasteiger partial charge in [-0.2, -0.15) is 0 Å². The van der Waals surface area contributed by atoms with Gasteiger partial charge < -0.3 is 20.7 Å². The molecule has 0 bridgehead atoms. The van der Waals surface area contributed by atoms with Gasteiger partial charge in [-0.1, -0.05) is 54.6 Å². The molecule has 4 N–H and O–H groups in total. The molecular weight excluding hydrogens is 471 g/mol. The quantitative estimate of drug-likeness (QED) is 0.293. The number of aliphatic hydroxyl groups excluding tert-OH is 1. The fourth-order valence-corrected chi connectivity index (χ4v) is 4.28. The highest BCUT2D eigenvalue weighted by Crippen LogP contribution is 2.27. The molecule has 4 aromatic rings.